The molecular weight excluding hydrogens is 366 g/mol. The number of rotatable bonds is 8. The number of guanidine groups is 1. The fourth-order valence-electron chi connectivity index (χ4n) is 2.87. The molecule has 0 radical (unpaired) electrons. The molecule has 3 aromatic rings. The number of anilines is 1. The number of para-hydroxylation sites is 1. The summed E-state index contributed by atoms with van der Waals surface area (Å²) in [6, 6.07) is 15.8. The molecule has 7 heteroatoms. The molecule has 0 aliphatic heterocycles. The second kappa shape index (κ2) is 10.2. The normalized spacial score (nSPS) is 11.2. The largest absolute Gasteiger partial charge is 0.493 e. The highest BCUT2D eigenvalue weighted by Gasteiger charge is 2.07. The van der Waals surface area contributed by atoms with Gasteiger partial charge in [0.15, 0.2) is 17.5 Å². The summed E-state index contributed by atoms with van der Waals surface area (Å²) in [6.07, 6.45) is 4.77. The van der Waals surface area contributed by atoms with Gasteiger partial charge in [0.2, 0.25) is 0 Å². The molecule has 0 aliphatic carbocycles. The molecule has 152 valence electrons. The van der Waals surface area contributed by atoms with Crippen molar-refractivity contribution in [3.63, 3.8) is 0 Å². The maximum Gasteiger partial charge on any atom is 0.195 e. The summed E-state index contributed by atoms with van der Waals surface area (Å²) in [7, 11) is 3.37. The number of nitrogens with one attached hydrogen (secondary N) is 2. The minimum atomic E-state index is 0.590. The first-order valence-corrected chi connectivity index (χ1v) is 9.61. The summed E-state index contributed by atoms with van der Waals surface area (Å²) in [6.45, 7) is 3.27. The topological polar surface area (TPSA) is 72.7 Å². The van der Waals surface area contributed by atoms with Crippen LogP contribution in [-0.4, -0.2) is 43.0 Å². The highest BCUT2D eigenvalue weighted by Crippen LogP contribution is 2.30. The third kappa shape index (κ3) is 5.51. The number of aliphatic imine (C=N–C) groups is 1. The van der Waals surface area contributed by atoms with Crippen molar-refractivity contribution in [2.45, 2.75) is 13.3 Å². The highest BCUT2D eigenvalue weighted by molar-refractivity contribution is 5.93. The number of hydrogen-bond donors (Lipinski definition) is 2. The molecule has 0 saturated carbocycles. The van der Waals surface area contributed by atoms with Gasteiger partial charge in [-0.05, 0) is 43.2 Å². The fourth-order valence-corrected chi connectivity index (χ4v) is 2.87. The molecule has 0 unspecified atom stereocenters. The quantitative estimate of drug-likeness (QED) is 0.453. The zero-order valence-electron chi connectivity index (χ0n) is 17.1. The maximum absolute atomic E-state index is 5.56. The van der Waals surface area contributed by atoms with Crippen molar-refractivity contribution < 1.29 is 9.47 Å². The number of methoxy groups -OCH3 is 1. The molecule has 1 aromatic heterocycles. The molecule has 0 spiro atoms. The minimum absolute atomic E-state index is 0.590. The lowest BCUT2D eigenvalue weighted by Gasteiger charge is -2.14. The smallest absolute Gasteiger partial charge is 0.195 e. The Morgan fingerprint density at radius 2 is 1.97 bits per heavy atom. The Morgan fingerprint density at radius 3 is 2.69 bits per heavy atom. The molecule has 0 aliphatic rings. The van der Waals surface area contributed by atoms with Crippen LogP contribution >= 0.6 is 0 Å². The van der Waals surface area contributed by atoms with Gasteiger partial charge < -0.3 is 20.1 Å². The van der Waals surface area contributed by atoms with Gasteiger partial charge in [0, 0.05) is 31.5 Å². The maximum atomic E-state index is 5.56. The Morgan fingerprint density at radius 1 is 1.14 bits per heavy atom. The number of hydrogen-bond acceptors (Lipinski definition) is 4. The summed E-state index contributed by atoms with van der Waals surface area (Å²) >= 11 is 0. The van der Waals surface area contributed by atoms with Gasteiger partial charge in [-0.15, -0.1) is 0 Å². The molecular formula is C22H27N5O2. The molecule has 0 bridgehead atoms. The van der Waals surface area contributed by atoms with Gasteiger partial charge in [-0.3, -0.25) is 4.99 Å². The Kier molecular flexibility index (Phi) is 7.10. The third-order valence-corrected chi connectivity index (χ3v) is 4.31. The second-order valence-corrected chi connectivity index (χ2v) is 6.30. The van der Waals surface area contributed by atoms with Crippen LogP contribution in [0.2, 0.25) is 0 Å². The lowest BCUT2D eigenvalue weighted by molar-refractivity contribution is 0.311. The van der Waals surface area contributed by atoms with Crippen LogP contribution in [0, 0.1) is 0 Å². The van der Waals surface area contributed by atoms with E-state index in [1.54, 1.807) is 14.2 Å². The van der Waals surface area contributed by atoms with E-state index in [9.17, 15) is 0 Å². The first-order valence-electron chi connectivity index (χ1n) is 9.61. The summed E-state index contributed by atoms with van der Waals surface area (Å²) in [4.78, 5) is 4.28. The SMILES string of the molecule is CCOc1ccc(NC(=NC)NCCc2cnn(-c3ccccc3)c2)cc1OC. The average molecular weight is 393 g/mol. The Bertz CT molecular complexity index is 937. The Balaban J connectivity index is 1.54. The van der Waals surface area contributed by atoms with E-state index in [1.165, 1.54) is 0 Å². The van der Waals surface area contributed by atoms with Crippen molar-refractivity contribution in [1.82, 2.24) is 15.1 Å². The van der Waals surface area contributed by atoms with Crippen molar-refractivity contribution in [3.8, 4) is 17.2 Å². The predicted molar refractivity (Wildman–Crippen MR) is 116 cm³/mol. The lowest BCUT2D eigenvalue weighted by atomic mass is 10.2. The number of benzene rings is 2. The van der Waals surface area contributed by atoms with Gasteiger partial charge in [-0.2, -0.15) is 5.10 Å². The Hall–Kier alpha value is -3.48. The van der Waals surface area contributed by atoms with Crippen LogP contribution < -0.4 is 20.1 Å². The number of aromatic nitrogens is 2. The van der Waals surface area contributed by atoms with E-state index < -0.39 is 0 Å². The highest BCUT2D eigenvalue weighted by atomic mass is 16.5. The van der Waals surface area contributed by atoms with E-state index in [0.29, 0.717) is 18.3 Å². The van der Waals surface area contributed by atoms with E-state index in [2.05, 4.69) is 20.7 Å². The number of ether oxygens (including phenoxy) is 2. The van der Waals surface area contributed by atoms with Crippen molar-refractivity contribution in [2.24, 2.45) is 4.99 Å². The van der Waals surface area contributed by atoms with Crippen molar-refractivity contribution >= 4 is 11.6 Å². The molecule has 0 fully saturated rings. The van der Waals surface area contributed by atoms with Crippen LogP contribution in [0.15, 0.2) is 65.9 Å². The monoisotopic (exact) mass is 393 g/mol. The van der Waals surface area contributed by atoms with Crippen molar-refractivity contribution in [2.75, 3.05) is 32.6 Å². The van der Waals surface area contributed by atoms with E-state index in [0.717, 1.165) is 35.7 Å². The molecule has 0 amide bonds. The average Bonchev–Trinajstić information content (AvgIpc) is 3.23. The zero-order chi connectivity index (χ0) is 20.5. The van der Waals surface area contributed by atoms with Crippen LogP contribution in [0.5, 0.6) is 11.5 Å². The summed E-state index contributed by atoms with van der Waals surface area (Å²) in [5.41, 5.74) is 3.07. The fraction of sp³-hybridized carbons (Fsp3) is 0.273. The first kappa shape index (κ1) is 20.3. The third-order valence-electron chi connectivity index (χ3n) is 4.31. The van der Waals surface area contributed by atoms with Gasteiger partial charge in [0.05, 0.1) is 25.6 Å². The van der Waals surface area contributed by atoms with Crippen LogP contribution in [0.4, 0.5) is 5.69 Å². The van der Waals surface area contributed by atoms with Crippen LogP contribution in [0.25, 0.3) is 5.69 Å². The molecule has 0 atom stereocenters. The van der Waals surface area contributed by atoms with E-state index in [-0.39, 0.29) is 0 Å². The standard InChI is InChI=1S/C22H27N5O2/c1-4-29-20-11-10-18(14-21(20)28-3)26-22(23-2)24-13-12-17-15-25-27(16-17)19-8-6-5-7-9-19/h5-11,14-16H,4,12-13H2,1-3H3,(H2,23,24,26). The Labute approximate surface area is 171 Å². The second-order valence-electron chi connectivity index (χ2n) is 6.30. The van der Waals surface area contributed by atoms with Crippen molar-refractivity contribution in [3.05, 3.63) is 66.5 Å². The minimum Gasteiger partial charge on any atom is -0.493 e. The van der Waals surface area contributed by atoms with Gasteiger partial charge in [0.1, 0.15) is 0 Å². The zero-order valence-corrected chi connectivity index (χ0v) is 17.1. The predicted octanol–water partition coefficient (Wildman–Crippen LogP) is 3.51. The van der Waals surface area contributed by atoms with Crippen LogP contribution in [0.1, 0.15) is 12.5 Å². The molecule has 7 nitrogen and oxygen atoms in total. The molecule has 29 heavy (non-hydrogen) atoms. The molecule has 1 heterocycles. The van der Waals surface area contributed by atoms with E-state index in [4.69, 9.17) is 9.47 Å². The summed E-state index contributed by atoms with van der Waals surface area (Å²) in [5.74, 6) is 2.09. The van der Waals surface area contributed by atoms with Gasteiger partial charge >= 0.3 is 0 Å². The van der Waals surface area contributed by atoms with E-state index in [1.807, 2.05) is 72.5 Å². The summed E-state index contributed by atoms with van der Waals surface area (Å²) in [5, 5.41) is 11.0. The first-order chi connectivity index (χ1) is 14.2. The van der Waals surface area contributed by atoms with Gasteiger partial charge in [0.25, 0.3) is 0 Å². The molecule has 3 rings (SSSR count). The van der Waals surface area contributed by atoms with Gasteiger partial charge in [-0.25, -0.2) is 4.68 Å². The van der Waals surface area contributed by atoms with Crippen molar-refractivity contribution in [1.29, 1.82) is 0 Å². The van der Waals surface area contributed by atoms with Gasteiger partial charge in [-0.1, -0.05) is 18.2 Å². The molecule has 2 N–H and O–H groups in total. The molecule has 0 saturated heterocycles. The van der Waals surface area contributed by atoms with E-state index >= 15 is 0 Å². The molecule has 2 aromatic carbocycles. The van der Waals surface area contributed by atoms with Crippen LogP contribution in [0.3, 0.4) is 0 Å². The lowest BCUT2D eigenvalue weighted by Crippen LogP contribution is -2.32. The summed E-state index contributed by atoms with van der Waals surface area (Å²) < 4.78 is 12.8. The van der Waals surface area contributed by atoms with Crippen LogP contribution in [-0.2, 0) is 6.42 Å². The number of nitrogens with zero attached hydrogens (tertiary/aromatic N) is 3.